The van der Waals surface area contributed by atoms with Crippen LogP contribution in [0, 0.1) is 0 Å². The molecule has 0 bridgehead atoms. The van der Waals surface area contributed by atoms with Gasteiger partial charge in [-0.2, -0.15) is 0 Å². The van der Waals surface area contributed by atoms with Crippen LogP contribution in [-0.2, 0) is 0 Å². The van der Waals surface area contributed by atoms with Crippen molar-refractivity contribution in [1.29, 1.82) is 0 Å². The summed E-state index contributed by atoms with van der Waals surface area (Å²) in [7, 11) is 0. The van der Waals surface area contributed by atoms with Gasteiger partial charge in [0.1, 0.15) is 10.9 Å². The van der Waals surface area contributed by atoms with Crippen LogP contribution in [0.15, 0.2) is 0 Å². The molecule has 13 heavy (non-hydrogen) atoms. The smallest absolute Gasteiger partial charge is 0.225 e. The Hall–Kier alpha value is 2.01. The molecule has 0 aliphatic heterocycles. The van der Waals surface area contributed by atoms with Gasteiger partial charge in [-0.25, -0.2) is 0 Å². The maximum Gasteiger partial charge on any atom is 0.225 e. The SMILES string of the molecule is OC(SC(O)C(Cl)(Cl)Cl)C(Cl)(Cl)Cl. The molecule has 0 radical (unpaired) electrons. The zero-order chi connectivity index (χ0) is 10.9. The van der Waals surface area contributed by atoms with Crippen LogP contribution >= 0.6 is 81.4 Å². The molecule has 0 amide bonds. The maximum atomic E-state index is 9.15. The van der Waals surface area contributed by atoms with Crippen molar-refractivity contribution >= 4 is 81.4 Å². The molecular weight excluding hydrogens is 325 g/mol. The second-order valence-corrected chi connectivity index (χ2v) is 7.83. The zero-order valence-corrected chi connectivity index (χ0v) is 11.1. The van der Waals surface area contributed by atoms with Gasteiger partial charge in [0, 0.05) is 0 Å². The molecule has 2 N–H and O–H groups in total. The lowest BCUT2D eigenvalue weighted by atomic mass is 10.8. The van der Waals surface area contributed by atoms with Crippen molar-refractivity contribution < 1.29 is 10.2 Å². The van der Waals surface area contributed by atoms with Gasteiger partial charge >= 0.3 is 0 Å². The van der Waals surface area contributed by atoms with Gasteiger partial charge in [-0.15, -0.1) is 0 Å². The molecule has 2 unspecified atom stereocenters. The minimum absolute atomic E-state index is 0.433. The maximum absolute atomic E-state index is 9.15. The molecule has 0 aromatic heterocycles. The molecule has 0 heterocycles. The summed E-state index contributed by atoms with van der Waals surface area (Å²) in [5, 5.41) is 18.3. The Morgan fingerprint density at radius 2 is 1.00 bits per heavy atom. The predicted molar refractivity (Wildman–Crippen MR) is 60.2 cm³/mol. The van der Waals surface area contributed by atoms with Crippen LogP contribution in [0.1, 0.15) is 0 Å². The van der Waals surface area contributed by atoms with Crippen LogP contribution in [-0.4, -0.2) is 28.7 Å². The fourth-order valence-electron chi connectivity index (χ4n) is 0.276. The summed E-state index contributed by atoms with van der Waals surface area (Å²) in [6.45, 7) is 0. The molecule has 0 saturated carbocycles. The average molecular weight is 329 g/mol. The molecule has 9 heteroatoms. The van der Waals surface area contributed by atoms with Crippen molar-refractivity contribution in [3.05, 3.63) is 0 Å². The summed E-state index contributed by atoms with van der Waals surface area (Å²) in [5.74, 6) is 0. The first kappa shape index (κ1) is 15.0. The highest BCUT2D eigenvalue weighted by molar-refractivity contribution is 8.00. The van der Waals surface area contributed by atoms with Crippen molar-refractivity contribution in [2.24, 2.45) is 0 Å². The molecule has 0 spiro atoms. The standard InChI is InChI=1S/C4H4Cl6O2S/c5-3(6,7)1(11)13-2(12)4(8,9)10/h1-2,11-12H. The van der Waals surface area contributed by atoms with Crippen LogP contribution in [0.5, 0.6) is 0 Å². The highest BCUT2D eigenvalue weighted by Crippen LogP contribution is 2.43. The summed E-state index contributed by atoms with van der Waals surface area (Å²) in [6.07, 6.45) is 0. The number of alkyl halides is 6. The minimum atomic E-state index is -1.94. The molecule has 0 rings (SSSR count). The highest BCUT2D eigenvalue weighted by Gasteiger charge is 2.39. The molecule has 0 aromatic rings. The Kier molecular flexibility index (Phi) is 6.20. The second-order valence-electron chi connectivity index (χ2n) is 1.92. The average Bonchev–Trinajstić information content (AvgIpc) is 1.82. The normalized spacial score (nSPS) is 18.5. The van der Waals surface area contributed by atoms with E-state index in [1.54, 1.807) is 0 Å². The third kappa shape index (κ3) is 6.23. The number of aliphatic hydroxyl groups excluding tert-OH is 2. The molecule has 80 valence electrons. The van der Waals surface area contributed by atoms with E-state index < -0.39 is 18.5 Å². The highest BCUT2D eigenvalue weighted by atomic mass is 35.6. The van der Waals surface area contributed by atoms with Crippen LogP contribution in [0.4, 0.5) is 0 Å². The van der Waals surface area contributed by atoms with Crippen molar-refractivity contribution in [2.75, 3.05) is 0 Å². The van der Waals surface area contributed by atoms with Gasteiger partial charge in [-0.1, -0.05) is 81.4 Å². The van der Waals surface area contributed by atoms with E-state index in [1.165, 1.54) is 0 Å². The lowest BCUT2D eigenvalue weighted by Gasteiger charge is -2.24. The first-order valence-electron chi connectivity index (χ1n) is 2.70. The van der Waals surface area contributed by atoms with E-state index in [2.05, 4.69) is 0 Å². The monoisotopic (exact) mass is 326 g/mol. The van der Waals surface area contributed by atoms with Gasteiger partial charge < -0.3 is 10.2 Å². The largest absolute Gasteiger partial charge is 0.378 e. The van der Waals surface area contributed by atoms with Crippen molar-refractivity contribution in [1.82, 2.24) is 0 Å². The van der Waals surface area contributed by atoms with Gasteiger partial charge in [0.15, 0.2) is 0 Å². The van der Waals surface area contributed by atoms with E-state index >= 15 is 0 Å². The lowest BCUT2D eigenvalue weighted by Crippen LogP contribution is -2.30. The first-order valence-corrected chi connectivity index (χ1v) is 5.91. The molecule has 0 aliphatic rings. The molecule has 0 saturated heterocycles. The third-order valence-corrected chi connectivity index (χ3v) is 4.06. The molecule has 2 nitrogen and oxygen atoms in total. The number of aliphatic hydroxyl groups is 2. The van der Waals surface area contributed by atoms with Crippen molar-refractivity contribution in [2.45, 2.75) is 18.5 Å². The van der Waals surface area contributed by atoms with Crippen LogP contribution < -0.4 is 0 Å². The van der Waals surface area contributed by atoms with E-state index in [-0.39, 0.29) is 0 Å². The number of rotatable bonds is 2. The summed E-state index contributed by atoms with van der Waals surface area (Å²) in [6, 6.07) is 0. The number of thioether (sulfide) groups is 1. The van der Waals surface area contributed by atoms with Gasteiger partial charge in [-0.3, -0.25) is 0 Å². The molecule has 0 aromatic carbocycles. The fraction of sp³-hybridized carbons (Fsp3) is 1.00. The van der Waals surface area contributed by atoms with E-state index in [0.717, 1.165) is 0 Å². The van der Waals surface area contributed by atoms with Crippen LogP contribution in [0.2, 0.25) is 0 Å². The van der Waals surface area contributed by atoms with Gasteiger partial charge in [0.05, 0.1) is 0 Å². The number of halogens is 6. The molecular formula is C4H4Cl6O2S. The summed E-state index contributed by atoms with van der Waals surface area (Å²) in [5.41, 5.74) is -2.97. The second kappa shape index (κ2) is 5.37. The fourth-order valence-corrected chi connectivity index (χ4v) is 1.76. The van der Waals surface area contributed by atoms with E-state index in [1.807, 2.05) is 0 Å². The van der Waals surface area contributed by atoms with Gasteiger partial charge in [0.2, 0.25) is 7.59 Å². The predicted octanol–water partition coefficient (Wildman–Crippen LogP) is 3.10. The molecule has 0 aliphatic carbocycles. The number of hydrogen-bond acceptors (Lipinski definition) is 3. The minimum Gasteiger partial charge on any atom is -0.378 e. The van der Waals surface area contributed by atoms with Crippen molar-refractivity contribution in [3.8, 4) is 0 Å². The zero-order valence-electron chi connectivity index (χ0n) is 5.73. The Balaban J connectivity index is 4.15. The third-order valence-electron chi connectivity index (χ3n) is 0.818. The Morgan fingerprint density at radius 1 is 0.769 bits per heavy atom. The van der Waals surface area contributed by atoms with Crippen LogP contribution in [0.3, 0.4) is 0 Å². The van der Waals surface area contributed by atoms with E-state index in [9.17, 15) is 0 Å². The first-order chi connectivity index (χ1) is 5.55. The van der Waals surface area contributed by atoms with Gasteiger partial charge in [0.25, 0.3) is 0 Å². The summed E-state index contributed by atoms with van der Waals surface area (Å²) in [4.78, 5) is 0. The Morgan fingerprint density at radius 3 is 1.15 bits per heavy atom. The summed E-state index contributed by atoms with van der Waals surface area (Å²) >= 11 is 32.2. The summed E-state index contributed by atoms with van der Waals surface area (Å²) < 4.78 is -3.89. The Bertz CT molecular complexity index is 147. The molecule has 0 fully saturated rings. The topological polar surface area (TPSA) is 40.5 Å². The van der Waals surface area contributed by atoms with E-state index in [0.29, 0.717) is 11.8 Å². The van der Waals surface area contributed by atoms with Crippen molar-refractivity contribution in [3.63, 3.8) is 0 Å². The molecule has 2 atom stereocenters. The van der Waals surface area contributed by atoms with Gasteiger partial charge in [-0.05, 0) is 0 Å². The number of hydrogen-bond donors (Lipinski definition) is 2. The Labute approximate surface area is 109 Å². The van der Waals surface area contributed by atoms with E-state index in [4.69, 9.17) is 79.8 Å². The quantitative estimate of drug-likeness (QED) is 0.604. The van der Waals surface area contributed by atoms with Crippen LogP contribution in [0.25, 0.3) is 0 Å². The lowest BCUT2D eigenvalue weighted by molar-refractivity contribution is 0.240.